The van der Waals surface area contributed by atoms with E-state index in [-0.39, 0.29) is 4.90 Å². The van der Waals surface area contributed by atoms with E-state index in [1.807, 2.05) is 10.3 Å². The molecule has 0 N–H and O–H groups in total. The van der Waals surface area contributed by atoms with Crippen molar-refractivity contribution in [3.8, 4) is 5.75 Å². The highest BCUT2D eigenvalue weighted by Crippen LogP contribution is 2.31. The molecule has 1 aromatic heterocycles. The van der Waals surface area contributed by atoms with Crippen LogP contribution in [0.5, 0.6) is 5.75 Å². The summed E-state index contributed by atoms with van der Waals surface area (Å²) >= 11 is 4.77. The number of sulfonamides is 1. The summed E-state index contributed by atoms with van der Waals surface area (Å²) in [6.07, 6.45) is 0.394. The first-order valence-corrected chi connectivity index (χ1v) is 12.9. The van der Waals surface area contributed by atoms with E-state index in [1.54, 1.807) is 18.2 Å². The second-order valence-corrected chi connectivity index (χ2v) is 10.9. The number of methoxy groups -OCH3 is 1. The molecular formula is C21H20BrF2N3O3S2. The number of anilines is 1. The van der Waals surface area contributed by atoms with E-state index in [0.29, 0.717) is 48.4 Å². The molecule has 1 aliphatic heterocycles. The standard InChI is InChI=1S/C21H20BrF2N3O3S2/c1-30-19-5-3-15(22)12-20(19)32(28,29)27-8-6-26(7-9-27)21-25-16(13-31-21)10-14-2-4-17(23)18(24)11-14/h2-5,11-13H,6-10H2,1H3. The van der Waals surface area contributed by atoms with Crippen LogP contribution in [0, 0.1) is 11.6 Å². The SMILES string of the molecule is COc1ccc(Br)cc1S(=O)(=O)N1CCN(c2nc(Cc3ccc(F)c(F)c3)cs2)CC1. The van der Waals surface area contributed by atoms with Crippen molar-refractivity contribution in [2.24, 2.45) is 0 Å². The van der Waals surface area contributed by atoms with Crippen LogP contribution in [0.25, 0.3) is 0 Å². The lowest BCUT2D eigenvalue weighted by Crippen LogP contribution is -2.48. The van der Waals surface area contributed by atoms with Gasteiger partial charge in [-0.3, -0.25) is 0 Å². The Morgan fingerprint density at radius 3 is 2.53 bits per heavy atom. The number of rotatable bonds is 6. The Labute approximate surface area is 197 Å². The van der Waals surface area contributed by atoms with E-state index >= 15 is 0 Å². The molecule has 4 rings (SSSR count). The zero-order chi connectivity index (χ0) is 22.9. The smallest absolute Gasteiger partial charge is 0.246 e. The predicted molar refractivity (Wildman–Crippen MR) is 123 cm³/mol. The van der Waals surface area contributed by atoms with Crippen molar-refractivity contribution in [3.05, 3.63) is 69.1 Å². The van der Waals surface area contributed by atoms with Gasteiger partial charge >= 0.3 is 0 Å². The molecule has 170 valence electrons. The van der Waals surface area contributed by atoms with Crippen LogP contribution in [0.2, 0.25) is 0 Å². The van der Waals surface area contributed by atoms with Gasteiger partial charge in [0.2, 0.25) is 10.0 Å². The number of benzene rings is 2. The molecule has 2 heterocycles. The maximum Gasteiger partial charge on any atom is 0.246 e. The number of thiazole rings is 1. The van der Waals surface area contributed by atoms with Crippen LogP contribution in [-0.2, 0) is 16.4 Å². The van der Waals surface area contributed by atoms with Gasteiger partial charge in [0, 0.05) is 42.5 Å². The van der Waals surface area contributed by atoms with Gasteiger partial charge in [0.05, 0.1) is 12.8 Å². The molecule has 0 amide bonds. The number of aromatic nitrogens is 1. The molecule has 11 heteroatoms. The highest BCUT2D eigenvalue weighted by molar-refractivity contribution is 9.10. The summed E-state index contributed by atoms with van der Waals surface area (Å²) in [6, 6.07) is 8.72. The Morgan fingerprint density at radius 2 is 1.84 bits per heavy atom. The van der Waals surface area contributed by atoms with Crippen LogP contribution < -0.4 is 9.64 Å². The third-order valence-corrected chi connectivity index (χ3v) is 8.52. The molecular weight excluding hydrogens is 524 g/mol. The molecule has 6 nitrogen and oxygen atoms in total. The average molecular weight is 544 g/mol. The van der Waals surface area contributed by atoms with Crippen molar-refractivity contribution < 1.29 is 21.9 Å². The first-order chi connectivity index (χ1) is 15.3. The normalized spacial score (nSPS) is 15.2. The van der Waals surface area contributed by atoms with Crippen molar-refractivity contribution in [2.45, 2.75) is 11.3 Å². The number of hydrogen-bond acceptors (Lipinski definition) is 6. The van der Waals surface area contributed by atoms with Gasteiger partial charge in [0.25, 0.3) is 0 Å². The molecule has 2 aromatic carbocycles. The largest absolute Gasteiger partial charge is 0.495 e. The average Bonchev–Trinajstić information content (AvgIpc) is 3.25. The van der Waals surface area contributed by atoms with Crippen LogP contribution in [0.4, 0.5) is 13.9 Å². The second-order valence-electron chi connectivity index (χ2n) is 7.23. The van der Waals surface area contributed by atoms with Gasteiger partial charge in [0.15, 0.2) is 16.8 Å². The molecule has 1 saturated heterocycles. The van der Waals surface area contributed by atoms with Gasteiger partial charge in [0.1, 0.15) is 10.6 Å². The minimum atomic E-state index is -3.71. The summed E-state index contributed by atoms with van der Waals surface area (Å²) in [7, 11) is -2.26. The van der Waals surface area contributed by atoms with Gasteiger partial charge in [-0.05, 0) is 35.9 Å². The monoisotopic (exact) mass is 543 g/mol. The van der Waals surface area contributed by atoms with Gasteiger partial charge < -0.3 is 9.64 Å². The lowest BCUT2D eigenvalue weighted by atomic mass is 10.1. The van der Waals surface area contributed by atoms with E-state index in [4.69, 9.17) is 4.74 Å². The maximum atomic E-state index is 13.4. The first-order valence-electron chi connectivity index (χ1n) is 9.75. The van der Waals surface area contributed by atoms with E-state index in [2.05, 4.69) is 20.9 Å². The summed E-state index contributed by atoms with van der Waals surface area (Å²) in [5.74, 6) is -1.45. The molecule has 0 radical (unpaired) electrons. The van der Waals surface area contributed by atoms with Gasteiger partial charge in [-0.15, -0.1) is 11.3 Å². The van der Waals surface area contributed by atoms with Crippen LogP contribution in [-0.4, -0.2) is 51.0 Å². The van der Waals surface area contributed by atoms with Crippen molar-refractivity contribution in [2.75, 3.05) is 38.2 Å². The molecule has 0 spiro atoms. The third kappa shape index (κ3) is 4.80. The molecule has 1 fully saturated rings. The zero-order valence-corrected chi connectivity index (χ0v) is 20.3. The van der Waals surface area contributed by atoms with Crippen LogP contribution >= 0.6 is 27.3 Å². The van der Waals surface area contributed by atoms with Crippen LogP contribution in [0.1, 0.15) is 11.3 Å². The Bertz CT molecular complexity index is 1230. The Hall–Kier alpha value is -2.08. The Balaban J connectivity index is 1.43. The Morgan fingerprint density at radius 1 is 1.09 bits per heavy atom. The number of hydrogen-bond donors (Lipinski definition) is 0. The maximum absolute atomic E-state index is 13.4. The summed E-state index contributed by atoms with van der Waals surface area (Å²) < 4.78 is 60.2. The minimum Gasteiger partial charge on any atom is -0.495 e. The number of halogens is 3. The molecule has 0 atom stereocenters. The molecule has 0 bridgehead atoms. The van der Waals surface area contributed by atoms with Crippen molar-refractivity contribution in [1.29, 1.82) is 0 Å². The summed E-state index contributed by atoms with van der Waals surface area (Å²) in [5.41, 5.74) is 1.39. The number of ether oxygens (including phenoxy) is 1. The van der Waals surface area contributed by atoms with E-state index in [9.17, 15) is 17.2 Å². The molecule has 0 saturated carbocycles. The Kier molecular flexibility index (Phi) is 6.80. The lowest BCUT2D eigenvalue weighted by Gasteiger charge is -2.34. The lowest BCUT2D eigenvalue weighted by molar-refractivity contribution is 0.374. The van der Waals surface area contributed by atoms with Gasteiger partial charge in [-0.2, -0.15) is 4.31 Å². The highest BCUT2D eigenvalue weighted by Gasteiger charge is 2.31. The van der Waals surface area contributed by atoms with Crippen molar-refractivity contribution >= 4 is 42.4 Å². The fraction of sp³-hybridized carbons (Fsp3) is 0.286. The third-order valence-electron chi connectivity index (χ3n) is 5.16. The summed E-state index contributed by atoms with van der Waals surface area (Å²) in [5, 5.41) is 2.66. The van der Waals surface area contributed by atoms with E-state index < -0.39 is 21.7 Å². The van der Waals surface area contributed by atoms with Crippen molar-refractivity contribution in [3.63, 3.8) is 0 Å². The molecule has 32 heavy (non-hydrogen) atoms. The minimum absolute atomic E-state index is 0.130. The van der Waals surface area contributed by atoms with Crippen LogP contribution in [0.15, 0.2) is 51.1 Å². The summed E-state index contributed by atoms with van der Waals surface area (Å²) in [6.45, 7) is 1.62. The molecule has 0 unspecified atom stereocenters. The van der Waals surface area contributed by atoms with Crippen molar-refractivity contribution in [1.82, 2.24) is 9.29 Å². The zero-order valence-electron chi connectivity index (χ0n) is 17.1. The van der Waals surface area contributed by atoms with E-state index in [1.165, 1.54) is 34.9 Å². The quantitative estimate of drug-likeness (QED) is 0.464. The topological polar surface area (TPSA) is 62.7 Å². The molecule has 1 aliphatic rings. The van der Waals surface area contributed by atoms with Gasteiger partial charge in [-0.25, -0.2) is 22.2 Å². The van der Waals surface area contributed by atoms with Crippen LogP contribution in [0.3, 0.4) is 0 Å². The van der Waals surface area contributed by atoms with E-state index in [0.717, 1.165) is 16.9 Å². The molecule has 3 aromatic rings. The van der Waals surface area contributed by atoms with Gasteiger partial charge in [-0.1, -0.05) is 22.0 Å². The number of piperazine rings is 1. The molecule has 0 aliphatic carbocycles. The fourth-order valence-electron chi connectivity index (χ4n) is 3.49. The summed E-state index contributed by atoms with van der Waals surface area (Å²) in [4.78, 5) is 6.76. The highest BCUT2D eigenvalue weighted by atomic mass is 79.9. The second kappa shape index (κ2) is 9.42. The predicted octanol–water partition coefficient (Wildman–Crippen LogP) is 4.29. The fourth-order valence-corrected chi connectivity index (χ4v) is 6.49. The number of nitrogens with zero attached hydrogens (tertiary/aromatic N) is 3. The first kappa shape index (κ1) is 23.1.